The molecule has 0 spiro atoms. The summed E-state index contributed by atoms with van der Waals surface area (Å²) in [5.41, 5.74) is 8.80. The van der Waals surface area contributed by atoms with Gasteiger partial charge in [0, 0.05) is 0 Å². The van der Waals surface area contributed by atoms with E-state index in [-0.39, 0.29) is 5.82 Å². The second-order valence-corrected chi connectivity index (χ2v) is 4.13. The zero-order valence-corrected chi connectivity index (χ0v) is 9.97. The Balaban J connectivity index is 1.96. The molecule has 94 valence electrons. The summed E-state index contributed by atoms with van der Waals surface area (Å²) in [6.45, 7) is 0. The second-order valence-electron chi connectivity index (χ2n) is 4.13. The number of aromatic amines is 1. The molecule has 2 aromatic heterocycles. The molecule has 0 atom stereocenters. The van der Waals surface area contributed by atoms with Crippen LogP contribution in [-0.2, 0) is 0 Å². The van der Waals surface area contributed by atoms with Crippen LogP contribution in [0.25, 0.3) is 23.2 Å². The van der Waals surface area contributed by atoms with Gasteiger partial charge >= 0.3 is 0 Å². The molecule has 0 unspecified atom stereocenters. The second kappa shape index (κ2) is 4.53. The number of anilines is 1. The molecule has 0 radical (unpaired) electrons. The van der Waals surface area contributed by atoms with Crippen LogP contribution in [0.2, 0.25) is 0 Å². The third-order valence-corrected chi connectivity index (χ3v) is 2.76. The minimum Gasteiger partial charge on any atom is -0.384 e. The van der Waals surface area contributed by atoms with Crippen molar-refractivity contribution in [1.29, 1.82) is 0 Å². The minimum absolute atomic E-state index is 0.253. The zero-order chi connectivity index (χ0) is 13.2. The number of hydrogen-bond acceptors (Lipinski definition) is 3. The summed E-state index contributed by atoms with van der Waals surface area (Å²) >= 11 is 0. The van der Waals surface area contributed by atoms with Crippen molar-refractivity contribution in [2.24, 2.45) is 0 Å². The molecule has 0 amide bonds. The number of nitrogens with one attached hydrogen (secondary N) is 1. The van der Waals surface area contributed by atoms with Gasteiger partial charge in [0.15, 0.2) is 0 Å². The zero-order valence-electron chi connectivity index (χ0n) is 9.97. The SMILES string of the molecule is Nc1ccc2[nH]nc(C=Cc3ccc(F)cc3)c2n1. The Morgan fingerprint density at radius 3 is 2.63 bits per heavy atom. The molecule has 0 saturated carbocycles. The summed E-state index contributed by atoms with van der Waals surface area (Å²) in [5.74, 6) is 0.196. The van der Waals surface area contributed by atoms with Gasteiger partial charge < -0.3 is 5.73 Å². The highest BCUT2D eigenvalue weighted by Crippen LogP contribution is 2.17. The molecule has 3 aromatic rings. The molecule has 0 aliphatic rings. The number of nitrogen functional groups attached to an aromatic ring is 1. The summed E-state index contributed by atoms with van der Waals surface area (Å²) in [7, 11) is 0. The lowest BCUT2D eigenvalue weighted by atomic mass is 10.2. The molecule has 19 heavy (non-hydrogen) atoms. The number of H-pyrrole nitrogens is 1. The molecule has 3 N–H and O–H groups in total. The van der Waals surface area contributed by atoms with E-state index in [1.807, 2.05) is 18.2 Å². The van der Waals surface area contributed by atoms with Crippen LogP contribution in [0.15, 0.2) is 36.4 Å². The molecule has 3 rings (SSSR count). The van der Waals surface area contributed by atoms with Crippen LogP contribution in [0.4, 0.5) is 10.2 Å². The van der Waals surface area contributed by atoms with Gasteiger partial charge in [-0.25, -0.2) is 9.37 Å². The van der Waals surface area contributed by atoms with Gasteiger partial charge in [-0.2, -0.15) is 5.10 Å². The fourth-order valence-electron chi connectivity index (χ4n) is 1.80. The molecule has 4 nitrogen and oxygen atoms in total. The number of benzene rings is 1. The molecular weight excluding hydrogens is 243 g/mol. The van der Waals surface area contributed by atoms with E-state index in [1.54, 1.807) is 18.2 Å². The first-order chi connectivity index (χ1) is 9.22. The number of rotatable bonds is 2. The third kappa shape index (κ3) is 2.30. The lowest BCUT2D eigenvalue weighted by Gasteiger charge is -1.94. The van der Waals surface area contributed by atoms with E-state index in [1.165, 1.54) is 12.1 Å². The Bertz CT molecular complexity index is 744. The van der Waals surface area contributed by atoms with E-state index < -0.39 is 0 Å². The van der Waals surface area contributed by atoms with Gasteiger partial charge in [-0.05, 0) is 35.9 Å². The van der Waals surface area contributed by atoms with Crippen molar-refractivity contribution in [1.82, 2.24) is 15.2 Å². The van der Waals surface area contributed by atoms with Gasteiger partial charge in [0.1, 0.15) is 22.8 Å². The average Bonchev–Trinajstić information content (AvgIpc) is 2.80. The lowest BCUT2D eigenvalue weighted by Crippen LogP contribution is -1.88. The first kappa shape index (κ1) is 11.4. The van der Waals surface area contributed by atoms with E-state index in [9.17, 15) is 4.39 Å². The largest absolute Gasteiger partial charge is 0.384 e. The standard InChI is InChI=1S/C14H11FN4/c15-10-4-1-9(2-5-10)3-6-11-14-12(19-18-11)7-8-13(16)17-14/h1-8H,(H2,16,17)(H,18,19). The van der Waals surface area contributed by atoms with Gasteiger partial charge in [0.25, 0.3) is 0 Å². The van der Waals surface area contributed by atoms with E-state index in [0.717, 1.165) is 16.6 Å². The number of fused-ring (bicyclic) bond motifs is 1. The Morgan fingerprint density at radius 2 is 1.84 bits per heavy atom. The normalized spacial score (nSPS) is 11.4. The fourth-order valence-corrected chi connectivity index (χ4v) is 1.80. The van der Waals surface area contributed by atoms with Gasteiger partial charge in [-0.15, -0.1) is 0 Å². The van der Waals surface area contributed by atoms with Crippen LogP contribution in [0, 0.1) is 5.82 Å². The Hall–Kier alpha value is -2.69. The maximum atomic E-state index is 12.8. The van der Waals surface area contributed by atoms with E-state index >= 15 is 0 Å². The number of pyridine rings is 1. The number of hydrogen-bond donors (Lipinski definition) is 2. The maximum Gasteiger partial charge on any atom is 0.124 e. The highest BCUT2D eigenvalue weighted by molar-refractivity contribution is 5.86. The first-order valence-electron chi connectivity index (χ1n) is 5.76. The molecule has 5 heteroatoms. The molecule has 0 fully saturated rings. The summed E-state index contributed by atoms with van der Waals surface area (Å²) in [5, 5.41) is 7.05. The van der Waals surface area contributed by atoms with Gasteiger partial charge in [-0.3, -0.25) is 5.10 Å². The maximum absolute atomic E-state index is 12.8. The summed E-state index contributed by atoms with van der Waals surface area (Å²) in [6.07, 6.45) is 3.67. The number of aromatic nitrogens is 3. The van der Waals surface area contributed by atoms with Crippen LogP contribution in [0.3, 0.4) is 0 Å². The van der Waals surface area contributed by atoms with E-state index in [2.05, 4.69) is 15.2 Å². The quantitative estimate of drug-likeness (QED) is 0.739. The van der Waals surface area contributed by atoms with Crippen LogP contribution < -0.4 is 5.73 Å². The average molecular weight is 254 g/mol. The predicted molar refractivity (Wildman–Crippen MR) is 73.6 cm³/mol. The van der Waals surface area contributed by atoms with Crippen LogP contribution in [0.1, 0.15) is 11.3 Å². The fraction of sp³-hybridized carbons (Fsp3) is 0. The third-order valence-electron chi connectivity index (χ3n) is 2.76. The van der Waals surface area contributed by atoms with Crippen LogP contribution in [0.5, 0.6) is 0 Å². The predicted octanol–water partition coefficient (Wildman–Crippen LogP) is 2.85. The van der Waals surface area contributed by atoms with Crippen molar-refractivity contribution in [3.8, 4) is 0 Å². The van der Waals surface area contributed by atoms with Crippen LogP contribution >= 0.6 is 0 Å². The molecule has 2 heterocycles. The number of halogens is 1. The summed E-state index contributed by atoms with van der Waals surface area (Å²) < 4.78 is 12.8. The highest BCUT2D eigenvalue weighted by atomic mass is 19.1. The lowest BCUT2D eigenvalue weighted by molar-refractivity contribution is 0.628. The van der Waals surface area contributed by atoms with Crippen molar-refractivity contribution in [3.63, 3.8) is 0 Å². The van der Waals surface area contributed by atoms with Crippen molar-refractivity contribution in [2.75, 3.05) is 5.73 Å². The molecule has 0 aliphatic carbocycles. The molecule has 1 aromatic carbocycles. The highest BCUT2D eigenvalue weighted by Gasteiger charge is 2.04. The van der Waals surface area contributed by atoms with Crippen molar-refractivity contribution in [2.45, 2.75) is 0 Å². The number of nitrogens with two attached hydrogens (primary N) is 1. The van der Waals surface area contributed by atoms with Crippen molar-refractivity contribution < 1.29 is 4.39 Å². The van der Waals surface area contributed by atoms with E-state index in [0.29, 0.717) is 11.5 Å². The molecule has 0 saturated heterocycles. The topological polar surface area (TPSA) is 67.6 Å². The monoisotopic (exact) mass is 254 g/mol. The minimum atomic E-state index is -0.253. The smallest absolute Gasteiger partial charge is 0.124 e. The first-order valence-corrected chi connectivity index (χ1v) is 5.76. The van der Waals surface area contributed by atoms with Crippen molar-refractivity contribution in [3.05, 3.63) is 53.5 Å². The molecule has 0 aliphatic heterocycles. The Morgan fingerprint density at radius 1 is 1.05 bits per heavy atom. The Labute approximate surface area is 108 Å². The summed E-state index contributed by atoms with van der Waals surface area (Å²) in [6, 6.07) is 9.77. The molecular formula is C14H11FN4. The van der Waals surface area contributed by atoms with Crippen molar-refractivity contribution >= 4 is 29.0 Å². The van der Waals surface area contributed by atoms with Crippen LogP contribution in [-0.4, -0.2) is 15.2 Å². The molecule has 0 bridgehead atoms. The number of nitrogens with zero attached hydrogens (tertiary/aromatic N) is 2. The Kier molecular flexibility index (Phi) is 2.72. The van der Waals surface area contributed by atoms with Gasteiger partial charge in [0.05, 0.1) is 5.52 Å². The van der Waals surface area contributed by atoms with E-state index in [4.69, 9.17) is 5.73 Å². The van der Waals surface area contributed by atoms with Gasteiger partial charge in [-0.1, -0.05) is 18.2 Å². The van der Waals surface area contributed by atoms with Gasteiger partial charge in [0.2, 0.25) is 0 Å². The summed E-state index contributed by atoms with van der Waals surface area (Å²) in [4.78, 5) is 4.23.